The van der Waals surface area contributed by atoms with Crippen molar-refractivity contribution in [3.63, 3.8) is 0 Å². The fraction of sp³-hybridized carbons (Fsp3) is 0.909. The summed E-state index contributed by atoms with van der Waals surface area (Å²) in [4.78, 5) is 13.8. The van der Waals surface area contributed by atoms with Crippen molar-refractivity contribution < 1.29 is 4.79 Å². The summed E-state index contributed by atoms with van der Waals surface area (Å²) in [6.45, 7) is 8.51. The van der Waals surface area contributed by atoms with Crippen molar-refractivity contribution in [1.82, 2.24) is 10.2 Å². The first kappa shape index (κ1) is 11.5. The number of rotatable bonds is 6. The lowest BCUT2D eigenvalue weighted by atomic mass is 10.2. The van der Waals surface area contributed by atoms with Crippen molar-refractivity contribution in [3.8, 4) is 0 Å². The Bertz CT molecular complexity index is 188. The van der Waals surface area contributed by atoms with Gasteiger partial charge in [0, 0.05) is 12.6 Å². The maximum atomic E-state index is 11.8. The Morgan fingerprint density at radius 1 is 1.50 bits per heavy atom. The number of hydrogen-bond donors (Lipinski definition) is 1. The molecule has 0 radical (unpaired) electrons. The van der Waals surface area contributed by atoms with Crippen LogP contribution in [0.15, 0.2) is 0 Å². The number of nitrogens with one attached hydrogen (secondary N) is 1. The molecule has 1 rings (SSSR count). The van der Waals surface area contributed by atoms with E-state index in [-0.39, 0.29) is 5.91 Å². The van der Waals surface area contributed by atoms with Crippen LogP contribution in [0.5, 0.6) is 0 Å². The summed E-state index contributed by atoms with van der Waals surface area (Å²) in [5.41, 5.74) is 0. The van der Waals surface area contributed by atoms with Crippen LogP contribution in [-0.2, 0) is 4.79 Å². The molecule has 1 aliphatic carbocycles. The Morgan fingerprint density at radius 2 is 2.14 bits per heavy atom. The normalized spacial score (nSPS) is 16.0. The fourth-order valence-corrected chi connectivity index (χ4v) is 1.51. The van der Waals surface area contributed by atoms with E-state index < -0.39 is 0 Å². The molecule has 1 amide bonds. The lowest BCUT2D eigenvalue weighted by molar-refractivity contribution is -0.132. The molecule has 3 heteroatoms. The van der Waals surface area contributed by atoms with Crippen LogP contribution in [0.2, 0.25) is 0 Å². The highest BCUT2D eigenvalue weighted by atomic mass is 16.2. The van der Waals surface area contributed by atoms with Gasteiger partial charge in [-0.2, -0.15) is 0 Å². The van der Waals surface area contributed by atoms with Gasteiger partial charge in [-0.25, -0.2) is 0 Å². The van der Waals surface area contributed by atoms with Crippen LogP contribution < -0.4 is 5.32 Å². The van der Waals surface area contributed by atoms with Crippen LogP contribution in [0, 0.1) is 5.92 Å². The number of nitrogens with zero attached hydrogens (tertiary/aromatic N) is 1. The van der Waals surface area contributed by atoms with Gasteiger partial charge in [0.25, 0.3) is 0 Å². The van der Waals surface area contributed by atoms with Crippen molar-refractivity contribution >= 4 is 5.91 Å². The Labute approximate surface area is 86.9 Å². The molecule has 0 aliphatic heterocycles. The van der Waals surface area contributed by atoms with Gasteiger partial charge in [0.2, 0.25) is 5.91 Å². The molecule has 0 spiro atoms. The Hall–Kier alpha value is -0.570. The predicted molar refractivity (Wildman–Crippen MR) is 58.1 cm³/mol. The molecule has 0 heterocycles. The van der Waals surface area contributed by atoms with Crippen molar-refractivity contribution in [2.45, 2.75) is 39.7 Å². The smallest absolute Gasteiger partial charge is 0.236 e. The molecule has 1 N–H and O–H groups in total. The second-order valence-electron chi connectivity index (χ2n) is 4.36. The molecule has 0 aromatic carbocycles. The summed E-state index contributed by atoms with van der Waals surface area (Å²) in [7, 11) is 0. The number of carbonyl (C=O) groups excluding carboxylic acids is 1. The second-order valence-corrected chi connectivity index (χ2v) is 4.36. The van der Waals surface area contributed by atoms with Gasteiger partial charge in [0.05, 0.1) is 6.54 Å². The third-order valence-corrected chi connectivity index (χ3v) is 2.62. The zero-order valence-corrected chi connectivity index (χ0v) is 9.55. The fourth-order valence-electron chi connectivity index (χ4n) is 1.51. The highest BCUT2D eigenvalue weighted by Gasteiger charge is 2.27. The van der Waals surface area contributed by atoms with Crippen LogP contribution in [0.25, 0.3) is 0 Å². The summed E-state index contributed by atoms with van der Waals surface area (Å²) in [6, 6.07) is 0.335. The quantitative estimate of drug-likeness (QED) is 0.696. The van der Waals surface area contributed by atoms with Crippen LogP contribution in [0.4, 0.5) is 0 Å². The molecule has 0 unspecified atom stereocenters. The molecular formula is C11H22N2O. The average molecular weight is 198 g/mol. The first-order valence-corrected chi connectivity index (χ1v) is 5.65. The van der Waals surface area contributed by atoms with E-state index in [1.54, 1.807) is 0 Å². The number of hydrogen-bond acceptors (Lipinski definition) is 2. The molecule has 0 atom stereocenters. The first-order valence-electron chi connectivity index (χ1n) is 5.65. The average Bonchev–Trinajstić information content (AvgIpc) is 2.93. The van der Waals surface area contributed by atoms with Crippen LogP contribution in [0.3, 0.4) is 0 Å². The molecule has 14 heavy (non-hydrogen) atoms. The molecule has 1 fully saturated rings. The predicted octanol–water partition coefficient (Wildman–Crippen LogP) is 1.24. The van der Waals surface area contributed by atoms with Gasteiger partial charge in [0.15, 0.2) is 0 Å². The molecule has 0 saturated heterocycles. The first-order chi connectivity index (χ1) is 6.65. The van der Waals surface area contributed by atoms with E-state index in [1.807, 2.05) is 11.8 Å². The van der Waals surface area contributed by atoms with Crippen molar-refractivity contribution in [2.75, 3.05) is 19.6 Å². The van der Waals surface area contributed by atoms with E-state index in [9.17, 15) is 4.79 Å². The third-order valence-electron chi connectivity index (χ3n) is 2.62. The minimum absolute atomic E-state index is 0.244. The topological polar surface area (TPSA) is 32.3 Å². The summed E-state index contributed by atoms with van der Waals surface area (Å²) in [5, 5.41) is 3.09. The third kappa shape index (κ3) is 3.66. The van der Waals surface area contributed by atoms with Gasteiger partial charge in [-0.15, -0.1) is 0 Å². The monoisotopic (exact) mass is 198 g/mol. The van der Waals surface area contributed by atoms with Crippen molar-refractivity contribution in [2.24, 2.45) is 5.92 Å². The summed E-state index contributed by atoms with van der Waals surface area (Å²) in [5.74, 6) is 1.02. The van der Waals surface area contributed by atoms with Gasteiger partial charge >= 0.3 is 0 Å². The van der Waals surface area contributed by atoms with E-state index in [0.717, 1.165) is 19.0 Å². The van der Waals surface area contributed by atoms with Gasteiger partial charge in [0.1, 0.15) is 0 Å². The lowest BCUT2D eigenvalue weighted by Crippen LogP contribution is -2.43. The lowest BCUT2D eigenvalue weighted by Gasteiger charge is -2.26. The maximum Gasteiger partial charge on any atom is 0.236 e. The molecule has 3 nitrogen and oxygen atoms in total. The van der Waals surface area contributed by atoms with Crippen LogP contribution in [0.1, 0.15) is 33.6 Å². The molecule has 1 saturated carbocycles. The van der Waals surface area contributed by atoms with E-state index in [1.165, 1.54) is 12.8 Å². The second kappa shape index (κ2) is 5.35. The minimum atomic E-state index is 0.244. The van der Waals surface area contributed by atoms with Crippen LogP contribution >= 0.6 is 0 Å². The molecule has 82 valence electrons. The Kier molecular flexibility index (Phi) is 4.39. The van der Waals surface area contributed by atoms with Crippen LogP contribution in [-0.4, -0.2) is 36.5 Å². The zero-order valence-electron chi connectivity index (χ0n) is 9.55. The van der Waals surface area contributed by atoms with E-state index in [0.29, 0.717) is 12.6 Å². The molecule has 1 aliphatic rings. The van der Waals surface area contributed by atoms with E-state index in [4.69, 9.17) is 0 Å². The van der Waals surface area contributed by atoms with Gasteiger partial charge in [-0.05, 0) is 39.2 Å². The van der Waals surface area contributed by atoms with E-state index >= 15 is 0 Å². The van der Waals surface area contributed by atoms with Crippen molar-refractivity contribution in [3.05, 3.63) is 0 Å². The van der Waals surface area contributed by atoms with Gasteiger partial charge in [-0.3, -0.25) is 4.79 Å². The highest BCUT2D eigenvalue weighted by Crippen LogP contribution is 2.30. The maximum absolute atomic E-state index is 11.8. The van der Waals surface area contributed by atoms with E-state index in [2.05, 4.69) is 19.2 Å². The van der Waals surface area contributed by atoms with Crippen molar-refractivity contribution in [1.29, 1.82) is 0 Å². The summed E-state index contributed by atoms with van der Waals surface area (Å²) >= 11 is 0. The summed E-state index contributed by atoms with van der Waals surface area (Å²) in [6.07, 6.45) is 2.61. The zero-order chi connectivity index (χ0) is 10.6. The summed E-state index contributed by atoms with van der Waals surface area (Å²) < 4.78 is 0. The standard InChI is InChI=1S/C11H22N2O/c1-4-12-7-11(14)13(9(2)3)8-10-5-6-10/h9-10,12H,4-8H2,1-3H3. The SMILES string of the molecule is CCNCC(=O)N(CC1CC1)C(C)C. The Balaban J connectivity index is 2.35. The number of amides is 1. The molecule has 0 aromatic rings. The van der Waals surface area contributed by atoms with Gasteiger partial charge in [-0.1, -0.05) is 6.92 Å². The minimum Gasteiger partial charge on any atom is -0.339 e. The number of carbonyl (C=O) groups is 1. The highest BCUT2D eigenvalue weighted by molar-refractivity contribution is 5.78. The molecular weight excluding hydrogens is 176 g/mol. The Morgan fingerprint density at radius 3 is 2.57 bits per heavy atom. The largest absolute Gasteiger partial charge is 0.339 e. The molecule has 0 aromatic heterocycles. The van der Waals surface area contributed by atoms with Gasteiger partial charge < -0.3 is 10.2 Å². The molecule has 0 bridgehead atoms. The number of likely N-dealkylation sites (N-methyl/N-ethyl adjacent to an activating group) is 1.